The number of hydrogen-bond donors (Lipinski definition) is 1. The van der Waals surface area contributed by atoms with Crippen molar-refractivity contribution in [2.75, 3.05) is 26.7 Å². The number of nitrogens with one attached hydrogen (secondary N) is 1. The summed E-state index contributed by atoms with van der Waals surface area (Å²) < 4.78 is 0. The second-order valence-corrected chi connectivity index (χ2v) is 3.51. The Hall–Kier alpha value is -0.860. The van der Waals surface area contributed by atoms with Crippen LogP contribution in [0.3, 0.4) is 0 Å². The average molecular weight is 175 g/mol. The Kier molecular flexibility index (Phi) is 2.62. The summed E-state index contributed by atoms with van der Waals surface area (Å²) in [5, 5.41) is 3.44. The molecule has 1 saturated heterocycles. The van der Waals surface area contributed by atoms with E-state index in [1.807, 2.05) is 0 Å². The smallest absolute Gasteiger partial charge is 0.0803 e. The van der Waals surface area contributed by atoms with Crippen molar-refractivity contribution in [1.82, 2.24) is 10.2 Å². The van der Waals surface area contributed by atoms with E-state index in [0.29, 0.717) is 0 Å². The predicted octanol–water partition coefficient (Wildman–Crippen LogP) is 1.10. The zero-order chi connectivity index (χ0) is 9.10. The van der Waals surface area contributed by atoms with Gasteiger partial charge in [0.05, 0.1) is 6.04 Å². The zero-order valence-electron chi connectivity index (χ0n) is 7.96. The van der Waals surface area contributed by atoms with Crippen LogP contribution < -0.4 is 5.32 Å². The van der Waals surface area contributed by atoms with E-state index in [9.17, 15) is 0 Å². The summed E-state index contributed by atoms with van der Waals surface area (Å²) in [6, 6.07) is 11.9. The Bertz CT molecular complexity index is 258. The Morgan fingerprint density at radius 2 is 2.00 bits per heavy atom. The predicted molar refractivity (Wildman–Crippen MR) is 54.3 cm³/mol. The minimum Gasteiger partial charge on any atom is -0.303 e. The summed E-state index contributed by atoms with van der Waals surface area (Å²) >= 11 is 0. The molecule has 0 amide bonds. The van der Waals surface area contributed by atoms with Gasteiger partial charge in [-0.2, -0.15) is 0 Å². The fraction of sp³-hybridized carbons (Fsp3) is 0.364. The van der Waals surface area contributed by atoms with Gasteiger partial charge in [0.25, 0.3) is 0 Å². The third-order valence-electron chi connectivity index (χ3n) is 2.38. The Labute approximate surface area is 79.6 Å². The minimum absolute atomic E-state index is 1.03. The van der Waals surface area contributed by atoms with E-state index in [-0.39, 0.29) is 0 Å². The highest BCUT2D eigenvalue weighted by atomic mass is 15.2. The molecule has 13 heavy (non-hydrogen) atoms. The van der Waals surface area contributed by atoms with Gasteiger partial charge >= 0.3 is 0 Å². The molecular weight excluding hydrogens is 160 g/mol. The standard InChI is InChI=1S/C11H15N2/c1-13-8-7-12-11(9-13)10-5-3-2-4-6-10/h2-6,12H,7-9H2,1H3. The van der Waals surface area contributed by atoms with Gasteiger partial charge in [0.2, 0.25) is 0 Å². The van der Waals surface area contributed by atoms with Gasteiger partial charge in [0, 0.05) is 19.6 Å². The van der Waals surface area contributed by atoms with Crippen LogP contribution in [0.4, 0.5) is 0 Å². The van der Waals surface area contributed by atoms with Gasteiger partial charge in [-0.3, -0.25) is 0 Å². The highest BCUT2D eigenvalue weighted by molar-refractivity contribution is 5.30. The SMILES string of the molecule is CN1CCN[C](c2ccccc2)C1. The maximum Gasteiger partial charge on any atom is 0.0803 e. The fourth-order valence-electron chi connectivity index (χ4n) is 1.64. The van der Waals surface area contributed by atoms with Crippen LogP contribution in [-0.2, 0) is 0 Å². The normalized spacial score (nSPS) is 20.4. The second-order valence-electron chi connectivity index (χ2n) is 3.51. The molecule has 2 nitrogen and oxygen atoms in total. The Morgan fingerprint density at radius 3 is 2.69 bits per heavy atom. The number of likely N-dealkylation sites (N-methyl/N-ethyl adjacent to an activating group) is 1. The quantitative estimate of drug-likeness (QED) is 0.687. The van der Waals surface area contributed by atoms with Crippen LogP contribution in [0.25, 0.3) is 0 Å². The molecule has 2 heteroatoms. The van der Waals surface area contributed by atoms with Gasteiger partial charge in [-0.05, 0) is 12.6 Å². The highest BCUT2D eigenvalue weighted by Gasteiger charge is 2.18. The average Bonchev–Trinajstić information content (AvgIpc) is 2.19. The third kappa shape index (κ3) is 2.08. The number of nitrogens with zero attached hydrogens (tertiary/aromatic N) is 1. The van der Waals surface area contributed by atoms with Gasteiger partial charge in [-0.15, -0.1) is 0 Å². The number of piperazine rings is 1. The molecule has 1 aromatic rings. The van der Waals surface area contributed by atoms with Crippen molar-refractivity contribution >= 4 is 0 Å². The third-order valence-corrected chi connectivity index (χ3v) is 2.38. The lowest BCUT2D eigenvalue weighted by molar-refractivity contribution is 0.299. The summed E-state index contributed by atoms with van der Waals surface area (Å²) in [7, 11) is 2.16. The van der Waals surface area contributed by atoms with Crippen LogP contribution in [0.5, 0.6) is 0 Å². The molecule has 69 valence electrons. The maximum absolute atomic E-state index is 3.44. The van der Waals surface area contributed by atoms with Crippen molar-refractivity contribution in [3.63, 3.8) is 0 Å². The van der Waals surface area contributed by atoms with E-state index < -0.39 is 0 Å². The first-order valence-corrected chi connectivity index (χ1v) is 4.70. The number of hydrogen-bond acceptors (Lipinski definition) is 2. The van der Waals surface area contributed by atoms with Crippen molar-refractivity contribution < 1.29 is 0 Å². The van der Waals surface area contributed by atoms with E-state index in [2.05, 4.69) is 47.6 Å². The van der Waals surface area contributed by atoms with Crippen molar-refractivity contribution in [2.45, 2.75) is 0 Å². The first-order valence-electron chi connectivity index (χ1n) is 4.70. The van der Waals surface area contributed by atoms with Gasteiger partial charge < -0.3 is 10.2 Å². The molecule has 2 rings (SSSR count). The molecular formula is C11H15N2. The summed E-state index contributed by atoms with van der Waals surface area (Å²) in [4.78, 5) is 2.33. The van der Waals surface area contributed by atoms with Crippen LogP contribution >= 0.6 is 0 Å². The van der Waals surface area contributed by atoms with Crippen molar-refractivity contribution in [3.05, 3.63) is 41.9 Å². The summed E-state index contributed by atoms with van der Waals surface area (Å²) in [6.07, 6.45) is 0. The summed E-state index contributed by atoms with van der Waals surface area (Å²) in [5.41, 5.74) is 1.31. The first-order chi connectivity index (χ1) is 6.36. The van der Waals surface area contributed by atoms with Gasteiger partial charge in [-0.1, -0.05) is 30.3 Å². The monoisotopic (exact) mass is 175 g/mol. The van der Waals surface area contributed by atoms with Gasteiger partial charge in [0.15, 0.2) is 0 Å². The van der Waals surface area contributed by atoms with Crippen LogP contribution in [0.15, 0.2) is 30.3 Å². The zero-order valence-corrected chi connectivity index (χ0v) is 7.96. The first kappa shape index (κ1) is 8.73. The van der Waals surface area contributed by atoms with Crippen molar-refractivity contribution in [2.24, 2.45) is 0 Å². The largest absolute Gasteiger partial charge is 0.303 e. The summed E-state index contributed by atoms with van der Waals surface area (Å²) in [6.45, 7) is 3.22. The number of benzene rings is 1. The van der Waals surface area contributed by atoms with E-state index in [1.165, 1.54) is 11.6 Å². The van der Waals surface area contributed by atoms with Gasteiger partial charge in [0.1, 0.15) is 0 Å². The van der Waals surface area contributed by atoms with E-state index in [1.54, 1.807) is 0 Å². The van der Waals surface area contributed by atoms with Crippen LogP contribution in [-0.4, -0.2) is 31.6 Å². The molecule has 1 heterocycles. The number of rotatable bonds is 1. The van der Waals surface area contributed by atoms with Gasteiger partial charge in [-0.25, -0.2) is 0 Å². The molecule has 0 bridgehead atoms. The van der Waals surface area contributed by atoms with E-state index in [4.69, 9.17) is 0 Å². The lowest BCUT2D eigenvalue weighted by atomic mass is 10.1. The second kappa shape index (κ2) is 3.90. The van der Waals surface area contributed by atoms with Crippen LogP contribution in [0.1, 0.15) is 5.56 Å². The molecule has 0 saturated carbocycles. The minimum atomic E-state index is 1.03. The molecule has 1 aliphatic heterocycles. The molecule has 0 atom stereocenters. The Morgan fingerprint density at radius 1 is 1.23 bits per heavy atom. The molecule has 0 unspecified atom stereocenters. The molecule has 1 aliphatic rings. The molecule has 0 aliphatic carbocycles. The van der Waals surface area contributed by atoms with Crippen LogP contribution in [0, 0.1) is 6.04 Å². The van der Waals surface area contributed by atoms with Crippen molar-refractivity contribution in [1.29, 1.82) is 0 Å². The van der Waals surface area contributed by atoms with E-state index >= 15 is 0 Å². The highest BCUT2D eigenvalue weighted by Crippen LogP contribution is 2.14. The van der Waals surface area contributed by atoms with Crippen molar-refractivity contribution in [3.8, 4) is 0 Å². The van der Waals surface area contributed by atoms with E-state index in [0.717, 1.165) is 19.6 Å². The molecule has 0 spiro atoms. The fourth-order valence-corrected chi connectivity index (χ4v) is 1.64. The topological polar surface area (TPSA) is 15.3 Å². The molecule has 1 radical (unpaired) electrons. The molecule has 1 N–H and O–H groups in total. The molecule has 1 fully saturated rings. The van der Waals surface area contributed by atoms with Crippen LogP contribution in [0.2, 0.25) is 0 Å². The lowest BCUT2D eigenvalue weighted by Crippen LogP contribution is -2.44. The Balaban J connectivity index is 2.08. The molecule has 0 aromatic heterocycles. The summed E-state index contributed by atoms with van der Waals surface area (Å²) in [5.74, 6) is 0. The lowest BCUT2D eigenvalue weighted by Gasteiger charge is -2.30. The maximum atomic E-state index is 3.44. The molecule has 1 aromatic carbocycles.